The molecule has 0 spiro atoms. The number of nitro groups is 1. The van der Waals surface area contributed by atoms with Crippen molar-refractivity contribution < 1.29 is 9.72 Å². The van der Waals surface area contributed by atoms with E-state index in [1.807, 2.05) is 18.2 Å². The highest BCUT2D eigenvalue weighted by molar-refractivity contribution is 8.18. The Kier molecular flexibility index (Phi) is 5.85. The molecule has 0 unspecified atom stereocenters. The summed E-state index contributed by atoms with van der Waals surface area (Å²) < 4.78 is 0. The highest BCUT2D eigenvalue weighted by atomic mass is 32.2. The van der Waals surface area contributed by atoms with Crippen LogP contribution in [0.25, 0.3) is 6.08 Å². The Balaban J connectivity index is 1.36. The Hall–Kier alpha value is -3.13. The number of amidine groups is 1. The Morgan fingerprint density at radius 3 is 2.27 bits per heavy atom. The summed E-state index contributed by atoms with van der Waals surface area (Å²) in [6.45, 7) is 5.14. The standard InChI is InChI=1S/C22H22N4O3S/c1-2-16-3-5-17(6-4-16)15-20-21(27)23-22(30-20)25-13-11-24(12-14-25)18-7-9-19(10-8-18)26(28)29/h3-10,15H,2,11-14H2,1H3. The molecule has 2 aliphatic heterocycles. The van der Waals surface area contributed by atoms with Crippen LogP contribution in [0.3, 0.4) is 0 Å². The summed E-state index contributed by atoms with van der Waals surface area (Å²) >= 11 is 1.43. The van der Waals surface area contributed by atoms with E-state index >= 15 is 0 Å². The lowest BCUT2D eigenvalue weighted by Gasteiger charge is -2.36. The quantitative estimate of drug-likeness (QED) is 0.422. The van der Waals surface area contributed by atoms with Crippen LogP contribution in [0.1, 0.15) is 18.1 Å². The molecule has 154 valence electrons. The molecule has 1 fully saturated rings. The van der Waals surface area contributed by atoms with Crippen LogP contribution in [-0.2, 0) is 11.2 Å². The topological polar surface area (TPSA) is 79.1 Å². The van der Waals surface area contributed by atoms with Crippen molar-refractivity contribution in [3.63, 3.8) is 0 Å². The van der Waals surface area contributed by atoms with Gasteiger partial charge in [0.25, 0.3) is 11.6 Å². The predicted molar refractivity (Wildman–Crippen MR) is 121 cm³/mol. The monoisotopic (exact) mass is 422 g/mol. The van der Waals surface area contributed by atoms with Crippen LogP contribution in [0, 0.1) is 10.1 Å². The summed E-state index contributed by atoms with van der Waals surface area (Å²) in [6.07, 6.45) is 2.89. The zero-order valence-electron chi connectivity index (χ0n) is 16.7. The molecule has 30 heavy (non-hydrogen) atoms. The zero-order valence-corrected chi connectivity index (χ0v) is 17.5. The van der Waals surface area contributed by atoms with E-state index < -0.39 is 4.92 Å². The molecule has 1 amide bonds. The van der Waals surface area contributed by atoms with Crippen molar-refractivity contribution >= 4 is 40.3 Å². The number of carbonyl (C=O) groups excluding carboxylic acids is 1. The second-order valence-corrected chi connectivity index (χ2v) is 8.16. The van der Waals surface area contributed by atoms with Crippen molar-refractivity contribution in [3.05, 3.63) is 74.7 Å². The lowest BCUT2D eigenvalue weighted by Crippen LogP contribution is -2.47. The van der Waals surface area contributed by atoms with Crippen LogP contribution in [0.2, 0.25) is 0 Å². The van der Waals surface area contributed by atoms with E-state index in [9.17, 15) is 14.9 Å². The smallest absolute Gasteiger partial charge is 0.286 e. The van der Waals surface area contributed by atoms with Crippen LogP contribution in [0.4, 0.5) is 11.4 Å². The maximum Gasteiger partial charge on any atom is 0.286 e. The molecule has 0 N–H and O–H groups in total. The summed E-state index contributed by atoms with van der Waals surface area (Å²) in [5.74, 6) is -0.188. The molecule has 2 aromatic carbocycles. The second-order valence-electron chi connectivity index (χ2n) is 7.15. The Morgan fingerprint density at radius 1 is 1.03 bits per heavy atom. The summed E-state index contributed by atoms with van der Waals surface area (Å²) in [7, 11) is 0. The summed E-state index contributed by atoms with van der Waals surface area (Å²) in [4.78, 5) is 32.0. The first-order valence-electron chi connectivity index (χ1n) is 9.89. The molecule has 0 atom stereocenters. The number of hydrogen-bond donors (Lipinski definition) is 0. The highest BCUT2D eigenvalue weighted by Crippen LogP contribution is 2.31. The first kappa shape index (κ1) is 20.2. The van der Waals surface area contributed by atoms with E-state index in [1.54, 1.807) is 12.1 Å². The van der Waals surface area contributed by atoms with Gasteiger partial charge >= 0.3 is 0 Å². The molecule has 4 rings (SSSR count). The number of amides is 1. The largest absolute Gasteiger partial charge is 0.368 e. The van der Waals surface area contributed by atoms with Gasteiger partial charge in [0.15, 0.2) is 5.17 Å². The number of carbonyl (C=O) groups is 1. The first-order chi connectivity index (χ1) is 14.5. The molecule has 2 heterocycles. The van der Waals surface area contributed by atoms with E-state index in [1.165, 1.54) is 29.5 Å². The van der Waals surface area contributed by atoms with Gasteiger partial charge in [0.05, 0.1) is 9.83 Å². The lowest BCUT2D eigenvalue weighted by atomic mass is 10.1. The number of hydrogen-bond acceptors (Lipinski definition) is 6. The third kappa shape index (κ3) is 4.38. The third-order valence-electron chi connectivity index (χ3n) is 5.27. The van der Waals surface area contributed by atoms with Gasteiger partial charge in [-0.25, -0.2) is 0 Å². The van der Waals surface area contributed by atoms with Crippen molar-refractivity contribution in [2.24, 2.45) is 4.99 Å². The van der Waals surface area contributed by atoms with Gasteiger partial charge in [-0.3, -0.25) is 14.9 Å². The second kappa shape index (κ2) is 8.71. The molecule has 1 saturated heterocycles. The van der Waals surface area contributed by atoms with Gasteiger partial charge in [-0.2, -0.15) is 4.99 Å². The van der Waals surface area contributed by atoms with Gasteiger partial charge < -0.3 is 9.80 Å². The number of non-ortho nitro benzene ring substituents is 1. The highest BCUT2D eigenvalue weighted by Gasteiger charge is 2.28. The number of nitrogens with zero attached hydrogens (tertiary/aromatic N) is 4. The molecule has 7 nitrogen and oxygen atoms in total. The number of thioether (sulfide) groups is 1. The average molecular weight is 423 g/mol. The van der Waals surface area contributed by atoms with Gasteiger partial charge in [0.2, 0.25) is 0 Å². The average Bonchev–Trinajstić information content (AvgIpc) is 3.14. The molecule has 0 aliphatic carbocycles. The minimum atomic E-state index is -0.391. The van der Waals surface area contributed by atoms with Gasteiger partial charge in [0, 0.05) is 44.0 Å². The number of benzene rings is 2. The van der Waals surface area contributed by atoms with Crippen molar-refractivity contribution in [1.82, 2.24) is 4.90 Å². The fourth-order valence-electron chi connectivity index (χ4n) is 3.48. The van der Waals surface area contributed by atoms with Crippen LogP contribution in [-0.4, -0.2) is 47.1 Å². The van der Waals surface area contributed by atoms with Gasteiger partial charge in [-0.15, -0.1) is 0 Å². The van der Waals surface area contributed by atoms with Gasteiger partial charge in [0.1, 0.15) is 0 Å². The van der Waals surface area contributed by atoms with E-state index in [2.05, 4.69) is 33.8 Å². The van der Waals surface area contributed by atoms with Crippen molar-refractivity contribution in [2.75, 3.05) is 31.1 Å². The Labute approximate surface area is 179 Å². The minimum Gasteiger partial charge on any atom is -0.368 e. The van der Waals surface area contributed by atoms with Crippen LogP contribution in [0.15, 0.2) is 58.4 Å². The molecule has 2 aromatic rings. The SMILES string of the molecule is CCc1ccc(C=C2SC(N3CCN(c4ccc([N+](=O)[O-])cc4)CC3)=NC2=O)cc1. The number of aliphatic imine (C=N–C) groups is 1. The van der Waals surface area contributed by atoms with Crippen molar-refractivity contribution in [3.8, 4) is 0 Å². The normalized spacial score (nSPS) is 18.1. The fraction of sp³-hybridized carbons (Fsp3) is 0.273. The summed E-state index contributed by atoms with van der Waals surface area (Å²) in [5.41, 5.74) is 3.33. The van der Waals surface area contributed by atoms with E-state index in [4.69, 9.17) is 0 Å². The van der Waals surface area contributed by atoms with Crippen molar-refractivity contribution in [1.29, 1.82) is 0 Å². The third-order valence-corrected chi connectivity index (χ3v) is 6.32. The van der Waals surface area contributed by atoms with E-state index in [0.29, 0.717) is 4.91 Å². The fourth-order valence-corrected chi connectivity index (χ4v) is 4.44. The van der Waals surface area contributed by atoms with E-state index in [-0.39, 0.29) is 11.6 Å². The summed E-state index contributed by atoms with van der Waals surface area (Å²) in [5, 5.41) is 11.6. The molecule has 0 bridgehead atoms. The number of anilines is 1. The maximum atomic E-state index is 12.4. The van der Waals surface area contributed by atoms with Crippen molar-refractivity contribution in [2.45, 2.75) is 13.3 Å². The molecular weight excluding hydrogens is 400 g/mol. The summed E-state index contributed by atoms with van der Waals surface area (Å²) in [6, 6.07) is 14.8. The van der Waals surface area contributed by atoms with E-state index in [0.717, 1.165) is 49.0 Å². The van der Waals surface area contributed by atoms with Crippen LogP contribution >= 0.6 is 11.8 Å². The lowest BCUT2D eigenvalue weighted by molar-refractivity contribution is -0.384. The minimum absolute atomic E-state index is 0.0938. The predicted octanol–water partition coefficient (Wildman–Crippen LogP) is 3.95. The van der Waals surface area contributed by atoms with Gasteiger partial charge in [-0.05, 0) is 47.5 Å². The van der Waals surface area contributed by atoms with Crippen LogP contribution in [0.5, 0.6) is 0 Å². The number of piperazine rings is 1. The maximum absolute atomic E-state index is 12.4. The van der Waals surface area contributed by atoms with Crippen LogP contribution < -0.4 is 4.90 Å². The number of nitro benzene ring substituents is 1. The van der Waals surface area contributed by atoms with Gasteiger partial charge in [-0.1, -0.05) is 31.2 Å². The Bertz CT molecular complexity index is 1010. The molecule has 8 heteroatoms. The first-order valence-corrected chi connectivity index (χ1v) is 10.7. The number of aryl methyl sites for hydroxylation is 1. The molecule has 0 aromatic heterocycles. The molecular formula is C22H22N4O3S. The molecule has 2 aliphatic rings. The zero-order chi connectivity index (χ0) is 21.1. The molecule has 0 saturated carbocycles. The number of rotatable bonds is 4. The Morgan fingerprint density at radius 2 is 1.67 bits per heavy atom. The molecule has 0 radical (unpaired) electrons.